The molecule has 0 fully saturated rings. The van der Waals surface area contributed by atoms with Gasteiger partial charge in [0.05, 0.1) is 23.4 Å². The SMILES string of the molecule is COc1ccc(NC2=C(c3ccc(C)cc3)C(=O)N(c3ccc(F)cc3)C2=O)cc1Cl. The predicted octanol–water partition coefficient (Wildman–Crippen LogP) is 5.19. The van der Waals surface area contributed by atoms with E-state index in [2.05, 4.69) is 5.32 Å². The van der Waals surface area contributed by atoms with Crippen LogP contribution in [0.25, 0.3) is 5.57 Å². The highest BCUT2D eigenvalue weighted by atomic mass is 35.5. The molecule has 0 aromatic heterocycles. The molecule has 0 radical (unpaired) electrons. The number of hydrogen-bond acceptors (Lipinski definition) is 4. The van der Waals surface area contributed by atoms with Gasteiger partial charge < -0.3 is 10.1 Å². The summed E-state index contributed by atoms with van der Waals surface area (Å²) in [4.78, 5) is 27.6. The molecule has 3 aromatic rings. The number of anilines is 2. The lowest BCUT2D eigenvalue weighted by atomic mass is 10.0. The maximum atomic E-state index is 13.4. The van der Waals surface area contributed by atoms with Crippen LogP contribution in [0.4, 0.5) is 15.8 Å². The predicted molar refractivity (Wildman–Crippen MR) is 119 cm³/mol. The van der Waals surface area contributed by atoms with Gasteiger partial charge in [-0.2, -0.15) is 0 Å². The molecule has 1 aliphatic heterocycles. The molecule has 0 spiro atoms. The number of imide groups is 1. The van der Waals surface area contributed by atoms with Crippen LogP contribution in [0.2, 0.25) is 5.02 Å². The number of rotatable bonds is 5. The molecule has 0 unspecified atom stereocenters. The molecule has 0 saturated carbocycles. The average Bonchev–Trinajstić information content (AvgIpc) is 2.99. The van der Waals surface area contributed by atoms with Crippen LogP contribution < -0.4 is 15.0 Å². The molecule has 31 heavy (non-hydrogen) atoms. The van der Waals surface area contributed by atoms with Crippen molar-refractivity contribution in [2.45, 2.75) is 6.92 Å². The second-order valence-electron chi connectivity index (χ2n) is 7.01. The molecule has 4 rings (SSSR count). The molecule has 5 nitrogen and oxygen atoms in total. The van der Waals surface area contributed by atoms with Gasteiger partial charge in [-0.1, -0.05) is 41.4 Å². The lowest BCUT2D eigenvalue weighted by Crippen LogP contribution is -2.32. The maximum absolute atomic E-state index is 13.4. The number of carbonyl (C=O) groups excluding carboxylic acids is 2. The summed E-state index contributed by atoms with van der Waals surface area (Å²) < 4.78 is 18.5. The third-order valence-corrected chi connectivity index (χ3v) is 5.23. The first kappa shape index (κ1) is 20.6. The number of ether oxygens (including phenoxy) is 1. The Kier molecular flexibility index (Phi) is 5.48. The Morgan fingerprint density at radius 3 is 2.23 bits per heavy atom. The van der Waals surface area contributed by atoms with Crippen molar-refractivity contribution in [2.75, 3.05) is 17.3 Å². The first-order chi connectivity index (χ1) is 14.9. The molecular formula is C24H18ClFN2O3. The van der Waals surface area contributed by atoms with Gasteiger partial charge in [-0.3, -0.25) is 9.59 Å². The minimum Gasteiger partial charge on any atom is -0.495 e. The molecule has 2 amide bonds. The number of methoxy groups -OCH3 is 1. The van der Waals surface area contributed by atoms with Gasteiger partial charge >= 0.3 is 0 Å². The van der Waals surface area contributed by atoms with Gasteiger partial charge in [0.15, 0.2) is 0 Å². The smallest absolute Gasteiger partial charge is 0.282 e. The number of hydrogen-bond donors (Lipinski definition) is 1. The summed E-state index contributed by atoms with van der Waals surface area (Å²) >= 11 is 6.21. The van der Waals surface area contributed by atoms with E-state index in [4.69, 9.17) is 16.3 Å². The van der Waals surface area contributed by atoms with E-state index < -0.39 is 17.6 Å². The average molecular weight is 437 g/mol. The number of nitrogens with zero attached hydrogens (tertiary/aromatic N) is 1. The lowest BCUT2D eigenvalue weighted by molar-refractivity contribution is -0.120. The Bertz CT molecular complexity index is 1200. The van der Waals surface area contributed by atoms with Crippen molar-refractivity contribution in [1.82, 2.24) is 0 Å². The van der Waals surface area contributed by atoms with Gasteiger partial charge in [-0.05, 0) is 55.0 Å². The molecule has 1 N–H and O–H groups in total. The van der Waals surface area contributed by atoms with Gasteiger partial charge in [0.1, 0.15) is 17.3 Å². The summed E-state index contributed by atoms with van der Waals surface area (Å²) in [6, 6.07) is 17.5. The number of benzene rings is 3. The van der Waals surface area contributed by atoms with E-state index in [1.54, 1.807) is 30.3 Å². The van der Waals surface area contributed by atoms with Gasteiger partial charge in [-0.15, -0.1) is 0 Å². The van der Waals surface area contributed by atoms with E-state index in [9.17, 15) is 14.0 Å². The Morgan fingerprint density at radius 1 is 0.935 bits per heavy atom. The molecular weight excluding hydrogens is 419 g/mol. The number of aryl methyl sites for hydroxylation is 1. The van der Waals surface area contributed by atoms with E-state index in [1.165, 1.54) is 31.4 Å². The molecule has 0 bridgehead atoms. The van der Waals surface area contributed by atoms with Crippen LogP contribution in [-0.4, -0.2) is 18.9 Å². The molecule has 1 heterocycles. The third-order valence-electron chi connectivity index (χ3n) is 4.93. The second kappa shape index (κ2) is 8.24. The van der Waals surface area contributed by atoms with Crippen molar-refractivity contribution in [3.63, 3.8) is 0 Å². The molecule has 1 aliphatic rings. The summed E-state index contributed by atoms with van der Waals surface area (Å²) in [5.74, 6) is -1.01. The van der Waals surface area contributed by atoms with Crippen molar-refractivity contribution < 1.29 is 18.7 Å². The molecule has 156 valence electrons. The Morgan fingerprint density at radius 2 is 1.61 bits per heavy atom. The summed E-state index contributed by atoms with van der Waals surface area (Å²) in [6.45, 7) is 1.93. The number of nitrogens with one attached hydrogen (secondary N) is 1. The Hall–Kier alpha value is -3.64. The fraction of sp³-hybridized carbons (Fsp3) is 0.0833. The van der Waals surface area contributed by atoms with Crippen molar-refractivity contribution in [1.29, 1.82) is 0 Å². The van der Waals surface area contributed by atoms with Crippen LogP contribution in [0.5, 0.6) is 5.75 Å². The molecule has 0 saturated heterocycles. The lowest BCUT2D eigenvalue weighted by Gasteiger charge is -2.15. The van der Waals surface area contributed by atoms with E-state index in [1.807, 2.05) is 19.1 Å². The van der Waals surface area contributed by atoms with Crippen LogP contribution in [0.15, 0.2) is 72.4 Å². The third kappa shape index (κ3) is 3.90. The highest BCUT2D eigenvalue weighted by Crippen LogP contribution is 2.35. The fourth-order valence-electron chi connectivity index (χ4n) is 3.35. The van der Waals surface area contributed by atoms with Gasteiger partial charge in [-0.25, -0.2) is 9.29 Å². The zero-order valence-corrected chi connectivity index (χ0v) is 17.5. The minimum atomic E-state index is -0.542. The zero-order chi connectivity index (χ0) is 22.1. The van der Waals surface area contributed by atoms with Crippen LogP contribution in [0, 0.1) is 12.7 Å². The van der Waals surface area contributed by atoms with Crippen LogP contribution in [-0.2, 0) is 9.59 Å². The van der Waals surface area contributed by atoms with Gasteiger partial charge in [0.25, 0.3) is 11.8 Å². The van der Waals surface area contributed by atoms with Gasteiger partial charge in [0.2, 0.25) is 0 Å². The van der Waals surface area contributed by atoms with Crippen molar-refractivity contribution in [3.05, 3.63) is 94.4 Å². The van der Waals surface area contributed by atoms with Crippen molar-refractivity contribution in [2.24, 2.45) is 0 Å². The number of carbonyl (C=O) groups is 2. The topological polar surface area (TPSA) is 58.6 Å². The Labute approximate surface area is 183 Å². The van der Waals surface area contributed by atoms with E-state index in [-0.39, 0.29) is 17.0 Å². The molecule has 3 aromatic carbocycles. The highest BCUT2D eigenvalue weighted by molar-refractivity contribution is 6.46. The summed E-state index contributed by atoms with van der Waals surface area (Å²) in [7, 11) is 1.51. The van der Waals surface area contributed by atoms with Crippen LogP contribution in [0.1, 0.15) is 11.1 Å². The minimum absolute atomic E-state index is 0.111. The normalized spacial score (nSPS) is 13.7. The number of amides is 2. The summed E-state index contributed by atoms with van der Waals surface area (Å²) in [5.41, 5.74) is 2.75. The van der Waals surface area contributed by atoms with E-state index in [0.29, 0.717) is 22.0 Å². The van der Waals surface area contributed by atoms with Crippen LogP contribution >= 0.6 is 11.6 Å². The quantitative estimate of drug-likeness (QED) is 0.559. The van der Waals surface area contributed by atoms with Gasteiger partial charge in [0, 0.05) is 5.69 Å². The molecule has 0 aliphatic carbocycles. The second-order valence-corrected chi connectivity index (χ2v) is 7.42. The van der Waals surface area contributed by atoms with E-state index in [0.717, 1.165) is 10.5 Å². The first-order valence-corrected chi connectivity index (χ1v) is 9.83. The van der Waals surface area contributed by atoms with Crippen LogP contribution in [0.3, 0.4) is 0 Å². The van der Waals surface area contributed by atoms with E-state index >= 15 is 0 Å². The first-order valence-electron chi connectivity index (χ1n) is 9.45. The maximum Gasteiger partial charge on any atom is 0.282 e. The Balaban J connectivity index is 1.80. The van der Waals surface area contributed by atoms with Crippen molar-refractivity contribution >= 4 is 40.4 Å². The molecule has 0 atom stereocenters. The standard InChI is InChI=1S/C24H18ClFN2O3/c1-14-3-5-15(6-4-14)21-22(27-17-9-12-20(31-2)19(25)13-17)24(30)28(23(21)29)18-10-7-16(26)8-11-18/h3-13,27H,1-2H3. The summed E-state index contributed by atoms with van der Waals surface area (Å²) in [6.07, 6.45) is 0. The summed E-state index contributed by atoms with van der Waals surface area (Å²) in [5, 5.41) is 3.40. The highest BCUT2D eigenvalue weighted by Gasteiger charge is 2.40. The van der Waals surface area contributed by atoms with Crippen molar-refractivity contribution in [3.8, 4) is 5.75 Å². The number of halogens is 2. The fourth-order valence-corrected chi connectivity index (χ4v) is 3.60. The molecule has 7 heteroatoms. The largest absolute Gasteiger partial charge is 0.495 e. The monoisotopic (exact) mass is 436 g/mol. The zero-order valence-electron chi connectivity index (χ0n) is 16.8.